The van der Waals surface area contributed by atoms with Gasteiger partial charge in [0.1, 0.15) is 6.54 Å². The lowest BCUT2D eigenvalue weighted by Crippen LogP contribution is -2.39. The maximum atomic E-state index is 12.3. The molecule has 3 rings (SSSR count). The van der Waals surface area contributed by atoms with Crippen LogP contribution in [0.4, 0.5) is 0 Å². The van der Waals surface area contributed by atoms with E-state index in [9.17, 15) is 4.79 Å². The molecule has 0 bridgehead atoms. The van der Waals surface area contributed by atoms with Gasteiger partial charge in [-0.05, 0) is 49.8 Å². The predicted molar refractivity (Wildman–Crippen MR) is 85.0 cm³/mol. The normalized spacial score (nSPS) is 21.5. The molecule has 0 aliphatic heterocycles. The minimum Gasteiger partial charge on any atom is -0.352 e. The van der Waals surface area contributed by atoms with Gasteiger partial charge in [0.2, 0.25) is 5.91 Å². The van der Waals surface area contributed by atoms with E-state index in [1.54, 1.807) is 23.3 Å². The fraction of sp³-hybridized carbons (Fsp3) is 0.471. The van der Waals surface area contributed by atoms with Gasteiger partial charge >= 0.3 is 0 Å². The van der Waals surface area contributed by atoms with Gasteiger partial charge in [-0.2, -0.15) is 5.10 Å². The van der Waals surface area contributed by atoms with Crippen LogP contribution < -0.4 is 5.32 Å². The van der Waals surface area contributed by atoms with Gasteiger partial charge in [-0.25, -0.2) is 0 Å². The van der Waals surface area contributed by atoms with Crippen LogP contribution in [-0.2, 0) is 11.3 Å². The molecule has 0 spiro atoms. The molecule has 0 atom stereocenters. The summed E-state index contributed by atoms with van der Waals surface area (Å²) >= 11 is 0. The Morgan fingerprint density at radius 2 is 2.09 bits per heavy atom. The van der Waals surface area contributed by atoms with Gasteiger partial charge in [0.05, 0.1) is 5.69 Å². The summed E-state index contributed by atoms with van der Waals surface area (Å²) in [5.74, 6) is 0.824. The average Bonchev–Trinajstić information content (AvgIpc) is 2.98. The Balaban J connectivity index is 1.62. The van der Waals surface area contributed by atoms with Crippen LogP contribution in [0, 0.1) is 5.92 Å². The SMILES string of the molecule is CC1CCC(NC(=O)Cn2nccc2-c2cccnc2)CC1. The summed E-state index contributed by atoms with van der Waals surface area (Å²) in [4.78, 5) is 16.4. The lowest BCUT2D eigenvalue weighted by Gasteiger charge is -2.27. The van der Waals surface area contributed by atoms with E-state index in [4.69, 9.17) is 0 Å². The lowest BCUT2D eigenvalue weighted by atomic mass is 9.87. The molecule has 1 saturated carbocycles. The second-order valence-electron chi connectivity index (χ2n) is 6.14. The molecule has 5 nitrogen and oxygen atoms in total. The summed E-state index contributed by atoms with van der Waals surface area (Å²) in [5.41, 5.74) is 1.89. The second-order valence-corrected chi connectivity index (χ2v) is 6.14. The molecule has 1 N–H and O–H groups in total. The first kappa shape index (κ1) is 14.8. The smallest absolute Gasteiger partial charge is 0.241 e. The molecule has 5 heteroatoms. The first-order valence-corrected chi connectivity index (χ1v) is 7.94. The van der Waals surface area contributed by atoms with Gasteiger partial charge in [0.25, 0.3) is 0 Å². The third kappa shape index (κ3) is 3.53. The molecular formula is C17H22N4O. The van der Waals surface area contributed by atoms with Crippen molar-refractivity contribution >= 4 is 5.91 Å². The Hall–Kier alpha value is -2.17. The highest BCUT2D eigenvalue weighted by Gasteiger charge is 2.20. The van der Waals surface area contributed by atoms with Crippen molar-refractivity contribution in [1.82, 2.24) is 20.1 Å². The molecule has 1 amide bonds. The van der Waals surface area contributed by atoms with Crippen LogP contribution in [0.3, 0.4) is 0 Å². The molecule has 1 aliphatic rings. The van der Waals surface area contributed by atoms with E-state index in [0.29, 0.717) is 6.04 Å². The van der Waals surface area contributed by atoms with Gasteiger partial charge < -0.3 is 5.32 Å². The largest absolute Gasteiger partial charge is 0.352 e. The van der Waals surface area contributed by atoms with Crippen LogP contribution in [0.2, 0.25) is 0 Å². The van der Waals surface area contributed by atoms with Gasteiger partial charge in [-0.15, -0.1) is 0 Å². The third-order valence-electron chi connectivity index (χ3n) is 4.35. The highest BCUT2D eigenvalue weighted by atomic mass is 16.2. The van der Waals surface area contributed by atoms with Crippen LogP contribution in [0.25, 0.3) is 11.3 Å². The molecule has 1 fully saturated rings. The standard InChI is InChI=1S/C17H22N4O/c1-13-4-6-15(7-5-13)20-17(22)12-21-16(8-10-19-21)14-3-2-9-18-11-14/h2-3,8-11,13,15H,4-7,12H2,1H3,(H,20,22). The third-order valence-corrected chi connectivity index (χ3v) is 4.35. The summed E-state index contributed by atoms with van der Waals surface area (Å²) in [7, 11) is 0. The van der Waals surface area contributed by atoms with E-state index in [1.807, 2.05) is 18.2 Å². The number of hydrogen-bond acceptors (Lipinski definition) is 3. The van der Waals surface area contributed by atoms with Crippen molar-refractivity contribution in [3.8, 4) is 11.3 Å². The molecular weight excluding hydrogens is 276 g/mol. The van der Waals surface area contributed by atoms with Crippen molar-refractivity contribution in [2.75, 3.05) is 0 Å². The fourth-order valence-corrected chi connectivity index (χ4v) is 3.03. The van der Waals surface area contributed by atoms with Gasteiger partial charge in [-0.1, -0.05) is 6.92 Å². The van der Waals surface area contributed by atoms with Crippen molar-refractivity contribution in [2.45, 2.75) is 45.2 Å². The number of carbonyl (C=O) groups excluding carboxylic acids is 1. The van der Waals surface area contributed by atoms with Crippen LogP contribution in [0.1, 0.15) is 32.6 Å². The quantitative estimate of drug-likeness (QED) is 0.944. The Morgan fingerprint density at radius 3 is 2.82 bits per heavy atom. The molecule has 2 aromatic rings. The van der Waals surface area contributed by atoms with Crippen molar-refractivity contribution in [2.24, 2.45) is 5.92 Å². The highest BCUT2D eigenvalue weighted by Crippen LogP contribution is 2.23. The zero-order valence-electron chi connectivity index (χ0n) is 12.9. The fourth-order valence-electron chi connectivity index (χ4n) is 3.03. The first-order valence-electron chi connectivity index (χ1n) is 7.94. The van der Waals surface area contributed by atoms with Gasteiger partial charge in [0, 0.05) is 30.2 Å². The van der Waals surface area contributed by atoms with Gasteiger partial charge in [0.15, 0.2) is 0 Å². The Morgan fingerprint density at radius 1 is 1.27 bits per heavy atom. The molecule has 22 heavy (non-hydrogen) atoms. The number of aromatic nitrogens is 3. The van der Waals surface area contributed by atoms with Crippen molar-refractivity contribution in [3.63, 3.8) is 0 Å². The van der Waals surface area contributed by atoms with E-state index < -0.39 is 0 Å². The number of pyridine rings is 1. The molecule has 1 aliphatic carbocycles. The van der Waals surface area contributed by atoms with Crippen LogP contribution in [0.15, 0.2) is 36.8 Å². The van der Waals surface area contributed by atoms with Crippen molar-refractivity contribution < 1.29 is 4.79 Å². The number of nitrogens with one attached hydrogen (secondary N) is 1. The minimum atomic E-state index is 0.0355. The predicted octanol–water partition coefficient (Wildman–Crippen LogP) is 2.64. The number of carbonyl (C=O) groups is 1. The number of nitrogens with zero attached hydrogens (tertiary/aromatic N) is 3. The Bertz CT molecular complexity index is 615. The van der Waals surface area contributed by atoms with E-state index in [1.165, 1.54) is 12.8 Å². The molecule has 0 aromatic carbocycles. The zero-order valence-corrected chi connectivity index (χ0v) is 12.9. The molecule has 0 saturated heterocycles. The van der Waals surface area contributed by atoms with Crippen LogP contribution in [0.5, 0.6) is 0 Å². The second kappa shape index (κ2) is 6.73. The Labute approximate surface area is 130 Å². The van der Waals surface area contributed by atoms with E-state index >= 15 is 0 Å². The zero-order chi connectivity index (χ0) is 15.4. The van der Waals surface area contributed by atoms with E-state index in [-0.39, 0.29) is 12.5 Å². The number of rotatable bonds is 4. The van der Waals surface area contributed by atoms with E-state index in [2.05, 4.69) is 22.3 Å². The summed E-state index contributed by atoms with van der Waals surface area (Å²) in [6.45, 7) is 2.53. The molecule has 116 valence electrons. The molecule has 0 radical (unpaired) electrons. The molecule has 2 heterocycles. The minimum absolute atomic E-state index is 0.0355. The van der Waals surface area contributed by atoms with Gasteiger partial charge in [-0.3, -0.25) is 14.5 Å². The summed E-state index contributed by atoms with van der Waals surface area (Å²) in [6.07, 6.45) is 9.82. The maximum Gasteiger partial charge on any atom is 0.241 e. The van der Waals surface area contributed by atoms with Crippen molar-refractivity contribution in [1.29, 1.82) is 0 Å². The monoisotopic (exact) mass is 298 g/mol. The lowest BCUT2D eigenvalue weighted by molar-refractivity contribution is -0.122. The average molecular weight is 298 g/mol. The summed E-state index contributed by atoms with van der Waals surface area (Å²) in [6, 6.07) is 6.09. The molecule has 2 aromatic heterocycles. The number of amides is 1. The maximum absolute atomic E-state index is 12.3. The molecule has 0 unspecified atom stereocenters. The Kier molecular flexibility index (Phi) is 4.51. The van der Waals surface area contributed by atoms with Crippen LogP contribution >= 0.6 is 0 Å². The van der Waals surface area contributed by atoms with Crippen molar-refractivity contribution in [3.05, 3.63) is 36.8 Å². The highest BCUT2D eigenvalue weighted by molar-refractivity contribution is 5.76. The summed E-state index contributed by atoms with van der Waals surface area (Å²) in [5, 5.41) is 7.41. The first-order chi connectivity index (χ1) is 10.7. The summed E-state index contributed by atoms with van der Waals surface area (Å²) < 4.78 is 1.73. The topological polar surface area (TPSA) is 59.8 Å². The van der Waals surface area contributed by atoms with E-state index in [0.717, 1.165) is 30.0 Å². The van der Waals surface area contributed by atoms with Crippen LogP contribution in [-0.4, -0.2) is 26.7 Å². The number of hydrogen-bond donors (Lipinski definition) is 1.